The van der Waals surface area contributed by atoms with Gasteiger partial charge in [-0.05, 0) is 56.9 Å². The van der Waals surface area contributed by atoms with E-state index < -0.39 is 0 Å². The monoisotopic (exact) mass is 503 g/mol. The summed E-state index contributed by atoms with van der Waals surface area (Å²) in [4.78, 5) is 19.2. The van der Waals surface area contributed by atoms with Crippen molar-refractivity contribution < 1.29 is 4.74 Å². The summed E-state index contributed by atoms with van der Waals surface area (Å²) < 4.78 is 11.0. The zero-order valence-electron chi connectivity index (χ0n) is 19.2. The molecule has 0 amide bonds. The van der Waals surface area contributed by atoms with E-state index in [1.54, 1.807) is 12.4 Å². The van der Waals surface area contributed by atoms with Gasteiger partial charge in [0, 0.05) is 59.1 Å². The van der Waals surface area contributed by atoms with Crippen LogP contribution < -0.4 is 15.4 Å². The Bertz CT molecular complexity index is 1300. The number of aromatic nitrogens is 5. The Hall–Kier alpha value is -3.08. The molecule has 6 rings (SSSR count). The highest BCUT2D eigenvalue weighted by molar-refractivity contribution is 7.99. The summed E-state index contributed by atoms with van der Waals surface area (Å²) in [5.41, 5.74) is 0.806. The standard InChI is InChI=1S/C25H25N7OS2/c1-15-20(5-4-10-26-15)33-21-13-19(34-22-6-2-3-9-27-22)14-28-24(21)31-25-30-23(32-35-25)16-11-17-7-8-18(12-16)29-17/h2-6,9-10,13-14,16-18,29H,7-8,11-12H2,1H3,(H,28,30,31,32). The molecule has 2 fully saturated rings. The molecular formula is C25H25N7OS2. The molecule has 0 spiro atoms. The van der Waals surface area contributed by atoms with Crippen molar-refractivity contribution in [2.45, 2.75) is 60.5 Å². The van der Waals surface area contributed by atoms with Gasteiger partial charge < -0.3 is 15.4 Å². The molecule has 4 aromatic heterocycles. The topological polar surface area (TPSA) is 97.7 Å². The second kappa shape index (κ2) is 9.88. The summed E-state index contributed by atoms with van der Waals surface area (Å²) in [5, 5.41) is 8.65. The Morgan fingerprint density at radius 2 is 1.89 bits per heavy atom. The molecule has 0 radical (unpaired) electrons. The van der Waals surface area contributed by atoms with E-state index in [1.165, 1.54) is 36.1 Å². The van der Waals surface area contributed by atoms with Crippen LogP contribution in [0.2, 0.25) is 0 Å². The Morgan fingerprint density at radius 3 is 2.69 bits per heavy atom. The molecule has 35 heavy (non-hydrogen) atoms. The van der Waals surface area contributed by atoms with Crippen LogP contribution in [0.25, 0.3) is 0 Å². The van der Waals surface area contributed by atoms with E-state index in [4.69, 9.17) is 9.72 Å². The summed E-state index contributed by atoms with van der Waals surface area (Å²) in [5.74, 6) is 3.22. The number of piperidine rings is 1. The van der Waals surface area contributed by atoms with Crippen molar-refractivity contribution in [2.24, 2.45) is 0 Å². The van der Waals surface area contributed by atoms with E-state index in [0.29, 0.717) is 35.3 Å². The number of nitrogens with zero attached hydrogens (tertiary/aromatic N) is 5. The van der Waals surface area contributed by atoms with Crippen LogP contribution in [0.1, 0.15) is 43.1 Å². The molecular weight excluding hydrogens is 478 g/mol. The van der Waals surface area contributed by atoms with E-state index in [9.17, 15) is 0 Å². The molecule has 2 N–H and O–H groups in total. The van der Waals surface area contributed by atoms with E-state index in [1.807, 2.05) is 49.5 Å². The van der Waals surface area contributed by atoms with Crippen molar-refractivity contribution in [1.82, 2.24) is 29.6 Å². The van der Waals surface area contributed by atoms with Crippen LogP contribution in [0.15, 0.2) is 64.9 Å². The molecule has 0 saturated carbocycles. The van der Waals surface area contributed by atoms with Crippen LogP contribution in [0.5, 0.6) is 11.5 Å². The van der Waals surface area contributed by atoms with Gasteiger partial charge in [-0.15, -0.1) is 0 Å². The molecule has 4 aromatic rings. The first-order valence-electron chi connectivity index (χ1n) is 11.7. The second-order valence-corrected chi connectivity index (χ2v) is 10.7. The first-order valence-corrected chi connectivity index (χ1v) is 13.3. The summed E-state index contributed by atoms with van der Waals surface area (Å²) >= 11 is 2.90. The van der Waals surface area contributed by atoms with Gasteiger partial charge in [-0.2, -0.15) is 4.37 Å². The smallest absolute Gasteiger partial charge is 0.208 e. The molecule has 0 aromatic carbocycles. The van der Waals surface area contributed by atoms with Crippen molar-refractivity contribution in [2.75, 3.05) is 5.32 Å². The molecule has 178 valence electrons. The Morgan fingerprint density at radius 1 is 1.03 bits per heavy atom. The van der Waals surface area contributed by atoms with Crippen LogP contribution in [-0.4, -0.2) is 36.4 Å². The maximum Gasteiger partial charge on any atom is 0.208 e. The van der Waals surface area contributed by atoms with Gasteiger partial charge in [-0.3, -0.25) is 4.98 Å². The lowest BCUT2D eigenvalue weighted by Gasteiger charge is -2.27. The summed E-state index contributed by atoms with van der Waals surface area (Å²) in [6.45, 7) is 1.92. The predicted molar refractivity (Wildman–Crippen MR) is 137 cm³/mol. The lowest BCUT2D eigenvalue weighted by molar-refractivity contribution is 0.355. The van der Waals surface area contributed by atoms with Gasteiger partial charge in [-0.1, -0.05) is 17.8 Å². The Labute approximate surface area is 212 Å². The highest BCUT2D eigenvalue weighted by Crippen LogP contribution is 2.39. The third-order valence-corrected chi connectivity index (χ3v) is 7.93. The minimum Gasteiger partial charge on any atom is -0.452 e. The fourth-order valence-corrected chi connectivity index (χ4v) is 6.12. The van der Waals surface area contributed by atoms with Crippen LogP contribution >= 0.6 is 23.3 Å². The number of hydrogen-bond acceptors (Lipinski definition) is 10. The van der Waals surface area contributed by atoms with E-state index in [-0.39, 0.29) is 0 Å². The molecule has 2 aliphatic heterocycles. The lowest BCUT2D eigenvalue weighted by Crippen LogP contribution is -2.37. The lowest BCUT2D eigenvalue weighted by atomic mass is 9.92. The first-order chi connectivity index (χ1) is 17.2. The van der Waals surface area contributed by atoms with Crippen molar-refractivity contribution >= 4 is 34.2 Å². The number of hydrogen-bond donors (Lipinski definition) is 2. The highest BCUT2D eigenvalue weighted by atomic mass is 32.2. The molecule has 2 bridgehead atoms. The number of anilines is 2. The average molecular weight is 504 g/mol. The van der Waals surface area contributed by atoms with Crippen LogP contribution in [0, 0.1) is 6.92 Å². The zero-order valence-corrected chi connectivity index (χ0v) is 20.9. The largest absolute Gasteiger partial charge is 0.452 e. The molecule has 2 saturated heterocycles. The van der Waals surface area contributed by atoms with Crippen LogP contribution in [-0.2, 0) is 0 Å². The van der Waals surface area contributed by atoms with Crippen molar-refractivity contribution in [3.8, 4) is 11.5 Å². The van der Waals surface area contributed by atoms with Gasteiger partial charge in [0.15, 0.2) is 11.6 Å². The number of ether oxygens (including phenoxy) is 1. The van der Waals surface area contributed by atoms with Gasteiger partial charge >= 0.3 is 0 Å². The zero-order chi connectivity index (χ0) is 23.6. The normalized spacial score (nSPS) is 21.1. The van der Waals surface area contributed by atoms with Crippen LogP contribution in [0.4, 0.5) is 10.9 Å². The van der Waals surface area contributed by atoms with Gasteiger partial charge in [0.1, 0.15) is 16.6 Å². The molecule has 10 heteroatoms. The fourth-order valence-electron chi connectivity index (χ4n) is 4.70. The molecule has 6 heterocycles. The van der Waals surface area contributed by atoms with Gasteiger partial charge in [0.2, 0.25) is 5.13 Å². The summed E-state index contributed by atoms with van der Waals surface area (Å²) in [6, 6.07) is 12.8. The quantitative estimate of drug-likeness (QED) is 0.328. The van der Waals surface area contributed by atoms with E-state index in [0.717, 1.165) is 39.4 Å². The predicted octanol–water partition coefficient (Wildman–Crippen LogP) is 5.72. The summed E-state index contributed by atoms with van der Waals surface area (Å²) in [6.07, 6.45) is 10.1. The minimum absolute atomic E-state index is 0.416. The number of rotatable bonds is 7. The van der Waals surface area contributed by atoms with Gasteiger partial charge in [0.05, 0.1) is 5.69 Å². The minimum atomic E-state index is 0.416. The third kappa shape index (κ3) is 5.14. The fraction of sp³-hybridized carbons (Fsp3) is 0.320. The molecule has 0 aliphatic carbocycles. The van der Waals surface area contributed by atoms with Crippen molar-refractivity contribution in [3.63, 3.8) is 0 Å². The SMILES string of the molecule is Cc1ncccc1Oc1cc(Sc2ccccn2)cnc1Nc1nc(C2CC3CCC(C2)N3)ns1. The number of fused-ring (bicyclic) bond motifs is 2. The molecule has 2 atom stereocenters. The number of pyridine rings is 3. The maximum absolute atomic E-state index is 6.28. The van der Waals surface area contributed by atoms with Crippen molar-refractivity contribution in [1.29, 1.82) is 0 Å². The molecule has 8 nitrogen and oxygen atoms in total. The average Bonchev–Trinajstić information content (AvgIpc) is 3.48. The van der Waals surface area contributed by atoms with Gasteiger partial charge in [0.25, 0.3) is 0 Å². The first kappa shape index (κ1) is 22.4. The Kier molecular flexibility index (Phi) is 6.32. The van der Waals surface area contributed by atoms with Gasteiger partial charge in [-0.25, -0.2) is 15.0 Å². The molecule has 2 unspecified atom stereocenters. The summed E-state index contributed by atoms with van der Waals surface area (Å²) in [7, 11) is 0. The number of aryl methyl sites for hydroxylation is 1. The number of nitrogens with one attached hydrogen (secondary N) is 2. The highest BCUT2D eigenvalue weighted by Gasteiger charge is 2.35. The van der Waals surface area contributed by atoms with Crippen LogP contribution in [0.3, 0.4) is 0 Å². The van der Waals surface area contributed by atoms with E-state index >= 15 is 0 Å². The Balaban J connectivity index is 1.26. The molecule has 2 aliphatic rings. The third-order valence-electron chi connectivity index (χ3n) is 6.37. The van der Waals surface area contributed by atoms with Crippen molar-refractivity contribution in [3.05, 3.63) is 66.5 Å². The van der Waals surface area contributed by atoms with E-state index in [2.05, 4.69) is 30.0 Å². The second-order valence-electron chi connectivity index (χ2n) is 8.87. The maximum atomic E-state index is 6.28.